The van der Waals surface area contributed by atoms with Gasteiger partial charge in [-0.15, -0.1) is 0 Å². The Morgan fingerprint density at radius 2 is 2.00 bits per heavy atom. The zero-order valence-corrected chi connectivity index (χ0v) is 17.2. The summed E-state index contributed by atoms with van der Waals surface area (Å²) in [5, 5.41) is 5.97. The van der Waals surface area contributed by atoms with Crippen LogP contribution in [0.2, 0.25) is 0 Å². The van der Waals surface area contributed by atoms with Crippen molar-refractivity contribution in [2.45, 2.75) is 43.5 Å². The van der Waals surface area contributed by atoms with Crippen molar-refractivity contribution >= 4 is 32.1 Å². The Morgan fingerprint density at radius 3 is 2.67 bits per heavy atom. The van der Waals surface area contributed by atoms with Crippen LogP contribution in [0, 0.1) is 12.7 Å². The molecule has 7 nitrogen and oxygen atoms in total. The summed E-state index contributed by atoms with van der Waals surface area (Å²) in [4.78, 5) is 13.3. The molecule has 2 N–H and O–H groups in total. The van der Waals surface area contributed by atoms with Crippen molar-refractivity contribution in [2.75, 3.05) is 0 Å². The van der Waals surface area contributed by atoms with E-state index < -0.39 is 20.7 Å². The molecule has 3 heterocycles. The molecule has 0 unspecified atom stereocenters. The second-order valence-electron chi connectivity index (χ2n) is 7.81. The zero-order chi connectivity index (χ0) is 21.0. The van der Waals surface area contributed by atoms with E-state index in [-0.39, 0.29) is 0 Å². The number of pyridine rings is 2. The second-order valence-corrected chi connectivity index (χ2v) is 9.34. The first-order valence-electron chi connectivity index (χ1n) is 9.75. The van der Waals surface area contributed by atoms with Gasteiger partial charge < -0.3 is 4.57 Å². The highest BCUT2D eigenvalue weighted by Gasteiger charge is 2.27. The molecule has 0 atom stereocenters. The average molecular weight is 425 g/mol. The molecule has 9 heteroatoms. The van der Waals surface area contributed by atoms with Gasteiger partial charge in [-0.25, -0.2) is 32.9 Å². The SMILES string of the molecule is Cc1ccc2c(ncc3nc(C4CCC4)n(Cc4ccc(S(N)(=O)=O)c(F)c4)c32)n1. The van der Waals surface area contributed by atoms with Crippen LogP contribution in [0.25, 0.3) is 22.1 Å². The molecule has 0 aliphatic heterocycles. The van der Waals surface area contributed by atoms with Crippen LogP contribution in [0.4, 0.5) is 4.39 Å². The van der Waals surface area contributed by atoms with Crippen LogP contribution in [0.5, 0.6) is 0 Å². The Hall–Kier alpha value is -2.91. The number of benzene rings is 1. The molecule has 0 spiro atoms. The van der Waals surface area contributed by atoms with Gasteiger partial charge >= 0.3 is 0 Å². The average Bonchev–Trinajstić information content (AvgIpc) is 2.97. The zero-order valence-electron chi connectivity index (χ0n) is 16.3. The van der Waals surface area contributed by atoms with E-state index in [4.69, 9.17) is 10.1 Å². The Bertz CT molecular complexity index is 1410. The molecule has 5 rings (SSSR count). The lowest BCUT2D eigenvalue weighted by Gasteiger charge is -2.26. The van der Waals surface area contributed by atoms with Crippen LogP contribution in [0.3, 0.4) is 0 Å². The number of aryl methyl sites for hydroxylation is 1. The summed E-state index contributed by atoms with van der Waals surface area (Å²) in [6, 6.07) is 7.95. The minimum absolute atomic E-state index is 0.347. The van der Waals surface area contributed by atoms with E-state index in [0.29, 0.717) is 23.7 Å². The fourth-order valence-electron chi connectivity index (χ4n) is 4.01. The van der Waals surface area contributed by atoms with Crippen LogP contribution in [-0.4, -0.2) is 27.9 Å². The van der Waals surface area contributed by atoms with Crippen molar-refractivity contribution in [1.82, 2.24) is 19.5 Å². The Kier molecular flexibility index (Phi) is 4.33. The Balaban J connectivity index is 1.69. The maximum atomic E-state index is 14.4. The number of aromatic nitrogens is 4. The van der Waals surface area contributed by atoms with Crippen molar-refractivity contribution in [1.29, 1.82) is 0 Å². The van der Waals surface area contributed by atoms with Gasteiger partial charge in [0.1, 0.15) is 22.1 Å². The monoisotopic (exact) mass is 425 g/mol. The molecule has 1 saturated carbocycles. The van der Waals surface area contributed by atoms with Crippen LogP contribution in [0.1, 0.15) is 42.3 Å². The van der Waals surface area contributed by atoms with Gasteiger partial charge in [0.05, 0.1) is 11.7 Å². The number of nitrogens with zero attached hydrogens (tertiary/aromatic N) is 4. The maximum Gasteiger partial charge on any atom is 0.240 e. The van der Waals surface area contributed by atoms with Gasteiger partial charge in [-0.05, 0) is 49.6 Å². The summed E-state index contributed by atoms with van der Waals surface area (Å²) in [5.41, 5.74) is 3.83. The molecular formula is C21H20FN5O2S. The van der Waals surface area contributed by atoms with Gasteiger partial charge in [0.2, 0.25) is 10.0 Å². The lowest BCUT2D eigenvalue weighted by atomic mass is 9.85. The summed E-state index contributed by atoms with van der Waals surface area (Å²) in [6.07, 6.45) is 5.01. The molecule has 1 aliphatic carbocycles. The number of sulfonamides is 1. The van der Waals surface area contributed by atoms with Crippen molar-refractivity contribution < 1.29 is 12.8 Å². The summed E-state index contributed by atoms with van der Waals surface area (Å²) in [7, 11) is -4.11. The summed E-state index contributed by atoms with van der Waals surface area (Å²) in [5.74, 6) is 0.440. The minimum atomic E-state index is -4.11. The first-order valence-corrected chi connectivity index (χ1v) is 11.3. The van der Waals surface area contributed by atoms with Crippen molar-refractivity contribution in [3.8, 4) is 0 Å². The van der Waals surface area contributed by atoms with Crippen LogP contribution >= 0.6 is 0 Å². The van der Waals surface area contributed by atoms with E-state index >= 15 is 0 Å². The first-order chi connectivity index (χ1) is 14.3. The predicted octanol–water partition coefficient (Wildman–Crippen LogP) is 3.39. The van der Waals surface area contributed by atoms with Crippen molar-refractivity contribution in [2.24, 2.45) is 5.14 Å². The van der Waals surface area contributed by atoms with Gasteiger partial charge in [-0.3, -0.25) is 0 Å². The molecule has 1 aromatic carbocycles. The van der Waals surface area contributed by atoms with Crippen LogP contribution in [0.15, 0.2) is 41.4 Å². The number of halogens is 1. The van der Waals surface area contributed by atoms with Crippen LogP contribution < -0.4 is 5.14 Å². The maximum absolute atomic E-state index is 14.4. The summed E-state index contributed by atoms with van der Waals surface area (Å²) >= 11 is 0. The number of primary sulfonamides is 1. The highest BCUT2D eigenvalue weighted by molar-refractivity contribution is 7.89. The second kappa shape index (κ2) is 6.82. The molecule has 30 heavy (non-hydrogen) atoms. The highest BCUT2D eigenvalue weighted by atomic mass is 32.2. The smallest absolute Gasteiger partial charge is 0.240 e. The summed E-state index contributed by atoms with van der Waals surface area (Å²) in [6.45, 7) is 2.27. The van der Waals surface area contributed by atoms with Crippen molar-refractivity contribution in [3.63, 3.8) is 0 Å². The quantitative estimate of drug-likeness (QED) is 0.540. The molecule has 0 radical (unpaired) electrons. The number of hydrogen-bond donors (Lipinski definition) is 1. The molecule has 154 valence electrons. The van der Waals surface area contributed by atoms with E-state index in [1.165, 1.54) is 12.1 Å². The predicted molar refractivity (Wildman–Crippen MR) is 111 cm³/mol. The van der Waals surface area contributed by atoms with Gasteiger partial charge in [-0.2, -0.15) is 0 Å². The molecule has 1 fully saturated rings. The van der Waals surface area contributed by atoms with E-state index in [0.717, 1.165) is 47.2 Å². The number of nitrogens with two attached hydrogens (primary N) is 1. The lowest BCUT2D eigenvalue weighted by molar-refractivity contribution is 0.392. The van der Waals surface area contributed by atoms with E-state index in [1.54, 1.807) is 12.3 Å². The highest BCUT2D eigenvalue weighted by Crippen LogP contribution is 2.38. The van der Waals surface area contributed by atoms with E-state index in [2.05, 4.69) is 14.5 Å². The van der Waals surface area contributed by atoms with Gasteiger partial charge in [-0.1, -0.05) is 12.5 Å². The molecule has 0 saturated heterocycles. The Morgan fingerprint density at radius 1 is 1.20 bits per heavy atom. The van der Waals surface area contributed by atoms with Gasteiger partial charge in [0, 0.05) is 23.5 Å². The number of rotatable bonds is 4. The fourth-order valence-corrected chi connectivity index (χ4v) is 4.59. The third-order valence-corrected chi connectivity index (χ3v) is 6.66. The fraction of sp³-hybridized carbons (Fsp3) is 0.286. The first kappa shape index (κ1) is 19.1. The molecule has 0 amide bonds. The van der Waals surface area contributed by atoms with E-state index in [9.17, 15) is 12.8 Å². The summed E-state index contributed by atoms with van der Waals surface area (Å²) < 4.78 is 39.6. The molecule has 1 aliphatic rings. The molecule has 3 aromatic heterocycles. The third-order valence-electron chi connectivity index (χ3n) is 5.72. The van der Waals surface area contributed by atoms with Crippen LogP contribution in [-0.2, 0) is 16.6 Å². The number of hydrogen-bond acceptors (Lipinski definition) is 5. The minimum Gasteiger partial charge on any atom is -0.323 e. The molecule has 4 aromatic rings. The Labute approximate surface area is 172 Å². The van der Waals surface area contributed by atoms with E-state index in [1.807, 2.05) is 19.1 Å². The number of fused-ring (bicyclic) bond motifs is 3. The normalized spacial score (nSPS) is 15.0. The lowest BCUT2D eigenvalue weighted by Crippen LogP contribution is -2.17. The van der Waals surface area contributed by atoms with Crippen molar-refractivity contribution in [3.05, 3.63) is 59.4 Å². The number of imidazole rings is 1. The van der Waals surface area contributed by atoms with Gasteiger partial charge in [0.15, 0.2) is 5.65 Å². The molecular weight excluding hydrogens is 405 g/mol. The topological polar surface area (TPSA) is 104 Å². The largest absolute Gasteiger partial charge is 0.323 e. The molecule has 0 bridgehead atoms. The van der Waals surface area contributed by atoms with Gasteiger partial charge in [0.25, 0.3) is 0 Å². The standard InChI is InChI=1S/C21H20FN5O2S/c1-12-5-7-15-19-17(10-24-20(15)25-12)26-21(14-3-2-4-14)27(19)11-13-6-8-18(16(22)9-13)30(23,28)29/h5-10,14H,2-4,11H2,1H3,(H2,23,28,29). The third kappa shape index (κ3) is 3.14.